The van der Waals surface area contributed by atoms with Crippen LogP contribution in [0.4, 0.5) is 5.69 Å². The Morgan fingerprint density at radius 3 is 2.55 bits per heavy atom. The average Bonchev–Trinajstić information content (AvgIpc) is 2.49. The van der Waals surface area contributed by atoms with E-state index in [0.717, 1.165) is 6.42 Å². The van der Waals surface area contributed by atoms with Crippen LogP contribution in [0.2, 0.25) is 0 Å². The Kier molecular flexibility index (Phi) is 6.83. The molecule has 1 aromatic rings. The summed E-state index contributed by atoms with van der Waals surface area (Å²) in [6.07, 6.45) is 0.830. The number of carbonyl (C=O) groups excluding carboxylic acids is 2. The monoisotopic (exact) mass is 274 g/mol. The smallest absolute Gasteiger partial charge is 0.306 e. The van der Waals surface area contributed by atoms with Crippen LogP contribution < -0.4 is 4.90 Å². The van der Waals surface area contributed by atoms with Gasteiger partial charge in [0.15, 0.2) is 0 Å². The molecule has 20 heavy (non-hydrogen) atoms. The number of ether oxygens (including phenoxy) is 1. The van der Waals surface area contributed by atoms with Gasteiger partial charge in [0, 0.05) is 12.1 Å². The topological polar surface area (TPSA) is 70.4 Å². The van der Waals surface area contributed by atoms with Crippen LogP contribution in [0.15, 0.2) is 30.3 Å². The van der Waals surface area contributed by atoms with E-state index in [-0.39, 0.29) is 31.3 Å². The molecule has 0 heterocycles. The molecule has 0 saturated heterocycles. The molecule has 0 saturated carbocycles. The molecule has 0 unspecified atom stereocenters. The third-order valence-electron chi connectivity index (χ3n) is 2.61. The second kappa shape index (κ2) is 8.70. The van der Waals surface area contributed by atoms with E-state index >= 15 is 0 Å². The Balaban J connectivity index is 2.58. The van der Waals surface area contributed by atoms with E-state index in [4.69, 9.17) is 10.00 Å². The number of anilines is 1. The van der Waals surface area contributed by atoms with E-state index in [0.29, 0.717) is 12.3 Å². The lowest BCUT2D eigenvalue weighted by molar-refractivity contribution is -0.144. The van der Waals surface area contributed by atoms with Crippen molar-refractivity contribution in [3.8, 4) is 6.07 Å². The summed E-state index contributed by atoms with van der Waals surface area (Å²) in [4.78, 5) is 24.8. The molecule has 5 nitrogen and oxygen atoms in total. The molecule has 1 aromatic carbocycles. The van der Waals surface area contributed by atoms with Crippen LogP contribution in [0.5, 0.6) is 0 Å². The van der Waals surface area contributed by atoms with Crippen molar-refractivity contribution in [2.24, 2.45) is 0 Å². The van der Waals surface area contributed by atoms with E-state index in [1.807, 2.05) is 19.1 Å². The Morgan fingerprint density at radius 2 is 1.95 bits per heavy atom. The maximum atomic E-state index is 12.1. The molecule has 0 spiro atoms. The highest BCUT2D eigenvalue weighted by atomic mass is 16.5. The molecule has 106 valence electrons. The highest BCUT2D eigenvalue weighted by Crippen LogP contribution is 2.14. The summed E-state index contributed by atoms with van der Waals surface area (Å²) in [6.45, 7) is 2.24. The highest BCUT2D eigenvalue weighted by molar-refractivity contribution is 5.95. The number of rotatable bonds is 7. The SMILES string of the molecule is CCCOC(=O)CCC(=O)N(CC#N)c1ccccc1. The van der Waals surface area contributed by atoms with Crippen molar-refractivity contribution in [3.05, 3.63) is 30.3 Å². The lowest BCUT2D eigenvalue weighted by Gasteiger charge is -2.19. The average molecular weight is 274 g/mol. The van der Waals surface area contributed by atoms with Crippen LogP contribution in [-0.2, 0) is 14.3 Å². The Morgan fingerprint density at radius 1 is 1.25 bits per heavy atom. The molecule has 5 heteroatoms. The van der Waals surface area contributed by atoms with Gasteiger partial charge in [-0.15, -0.1) is 0 Å². The predicted molar refractivity (Wildman–Crippen MR) is 74.9 cm³/mol. The molecular formula is C15H18N2O3. The number of benzene rings is 1. The first kappa shape index (κ1) is 15.7. The summed E-state index contributed by atoms with van der Waals surface area (Å²) in [7, 11) is 0. The maximum absolute atomic E-state index is 12.1. The van der Waals surface area contributed by atoms with Crippen LogP contribution >= 0.6 is 0 Å². The molecule has 0 radical (unpaired) electrons. The summed E-state index contributed by atoms with van der Waals surface area (Å²) in [5.41, 5.74) is 0.654. The Bertz CT molecular complexity index is 480. The van der Waals surface area contributed by atoms with Crippen LogP contribution in [-0.4, -0.2) is 25.0 Å². The fourth-order valence-electron chi connectivity index (χ4n) is 1.63. The first-order valence-electron chi connectivity index (χ1n) is 6.57. The predicted octanol–water partition coefficient (Wildman–Crippen LogP) is 2.28. The molecule has 0 bridgehead atoms. The molecule has 0 aliphatic heterocycles. The quantitative estimate of drug-likeness (QED) is 0.565. The standard InChI is InChI=1S/C15H18N2O3/c1-2-12-20-15(19)9-8-14(18)17(11-10-16)13-6-4-3-5-7-13/h3-7H,2,8-9,11-12H2,1H3. The van der Waals surface area contributed by atoms with Gasteiger partial charge < -0.3 is 4.74 Å². The minimum atomic E-state index is -0.384. The van der Waals surface area contributed by atoms with Gasteiger partial charge in [0.2, 0.25) is 5.91 Å². The molecule has 0 aliphatic carbocycles. The van der Waals surface area contributed by atoms with Gasteiger partial charge in [-0.25, -0.2) is 0 Å². The molecule has 0 N–H and O–H groups in total. The van der Waals surface area contributed by atoms with Crippen molar-refractivity contribution in [1.82, 2.24) is 0 Å². The zero-order chi connectivity index (χ0) is 14.8. The van der Waals surface area contributed by atoms with Gasteiger partial charge in [-0.1, -0.05) is 25.1 Å². The molecule has 1 amide bonds. The number of amides is 1. The largest absolute Gasteiger partial charge is 0.466 e. The second-order valence-corrected chi connectivity index (χ2v) is 4.19. The van der Waals surface area contributed by atoms with Crippen LogP contribution in [0.3, 0.4) is 0 Å². The fraction of sp³-hybridized carbons (Fsp3) is 0.400. The van der Waals surface area contributed by atoms with Crippen molar-refractivity contribution in [3.63, 3.8) is 0 Å². The molecular weight excluding hydrogens is 256 g/mol. The number of para-hydroxylation sites is 1. The number of hydrogen-bond donors (Lipinski definition) is 0. The van der Waals surface area contributed by atoms with E-state index in [1.54, 1.807) is 24.3 Å². The summed E-state index contributed by atoms with van der Waals surface area (Å²) in [6, 6.07) is 10.9. The molecule has 0 atom stereocenters. The Labute approximate surface area is 118 Å². The molecule has 0 aromatic heterocycles. The Hall–Kier alpha value is -2.35. The fourth-order valence-corrected chi connectivity index (χ4v) is 1.63. The third kappa shape index (κ3) is 5.11. The minimum absolute atomic E-state index is 0.0349. The highest BCUT2D eigenvalue weighted by Gasteiger charge is 2.16. The van der Waals surface area contributed by atoms with Crippen LogP contribution in [0.25, 0.3) is 0 Å². The lowest BCUT2D eigenvalue weighted by Crippen LogP contribution is -2.31. The van der Waals surface area contributed by atoms with E-state index < -0.39 is 0 Å². The van der Waals surface area contributed by atoms with Crippen molar-refractivity contribution < 1.29 is 14.3 Å². The zero-order valence-corrected chi connectivity index (χ0v) is 11.5. The van der Waals surface area contributed by atoms with Gasteiger partial charge in [0.25, 0.3) is 0 Å². The summed E-state index contributed by atoms with van der Waals surface area (Å²) < 4.78 is 4.91. The van der Waals surface area contributed by atoms with E-state index in [2.05, 4.69) is 0 Å². The number of esters is 1. The first-order chi connectivity index (χ1) is 9.69. The normalized spacial score (nSPS) is 9.60. The van der Waals surface area contributed by atoms with Crippen molar-refractivity contribution >= 4 is 17.6 Å². The van der Waals surface area contributed by atoms with Gasteiger partial charge in [0.05, 0.1) is 19.1 Å². The summed E-state index contributed by atoms with van der Waals surface area (Å²) >= 11 is 0. The van der Waals surface area contributed by atoms with E-state index in [9.17, 15) is 9.59 Å². The zero-order valence-electron chi connectivity index (χ0n) is 11.5. The second-order valence-electron chi connectivity index (χ2n) is 4.19. The number of hydrogen-bond acceptors (Lipinski definition) is 4. The molecule has 0 aliphatic rings. The lowest BCUT2D eigenvalue weighted by atomic mass is 10.2. The van der Waals surface area contributed by atoms with E-state index in [1.165, 1.54) is 4.90 Å². The maximum Gasteiger partial charge on any atom is 0.306 e. The molecule has 0 fully saturated rings. The molecule has 1 rings (SSSR count). The van der Waals surface area contributed by atoms with Gasteiger partial charge in [0.1, 0.15) is 6.54 Å². The summed E-state index contributed by atoms with van der Waals surface area (Å²) in [5.74, 6) is -0.642. The number of nitrogens with zero attached hydrogens (tertiary/aromatic N) is 2. The van der Waals surface area contributed by atoms with Crippen molar-refractivity contribution in [1.29, 1.82) is 5.26 Å². The van der Waals surface area contributed by atoms with Gasteiger partial charge in [-0.2, -0.15) is 5.26 Å². The minimum Gasteiger partial charge on any atom is -0.466 e. The number of nitriles is 1. The first-order valence-corrected chi connectivity index (χ1v) is 6.57. The third-order valence-corrected chi connectivity index (χ3v) is 2.61. The van der Waals surface area contributed by atoms with Crippen LogP contribution in [0.1, 0.15) is 26.2 Å². The van der Waals surface area contributed by atoms with Gasteiger partial charge in [-0.05, 0) is 18.6 Å². The van der Waals surface area contributed by atoms with Gasteiger partial charge in [-0.3, -0.25) is 14.5 Å². The van der Waals surface area contributed by atoms with Crippen molar-refractivity contribution in [2.75, 3.05) is 18.1 Å². The van der Waals surface area contributed by atoms with Gasteiger partial charge >= 0.3 is 5.97 Å². The summed E-state index contributed by atoms with van der Waals surface area (Å²) in [5, 5.41) is 8.80. The van der Waals surface area contributed by atoms with Crippen LogP contribution in [0, 0.1) is 11.3 Å². The van der Waals surface area contributed by atoms with Crippen molar-refractivity contribution in [2.45, 2.75) is 26.2 Å². The number of carbonyl (C=O) groups is 2.